The number of carbonyl (C=O) groups excluding carboxylic acids is 2. The molecule has 0 atom stereocenters. The first kappa shape index (κ1) is 18.7. The second kappa shape index (κ2) is 8.52. The van der Waals surface area contributed by atoms with Crippen molar-refractivity contribution in [3.05, 3.63) is 41.5 Å². The predicted molar refractivity (Wildman–Crippen MR) is 94.3 cm³/mol. The Labute approximate surface area is 156 Å². The molecule has 3 rings (SSSR count). The van der Waals surface area contributed by atoms with E-state index in [0.29, 0.717) is 55.8 Å². The predicted octanol–water partition coefficient (Wildman–Crippen LogP) is 1.87. The molecule has 0 radical (unpaired) electrons. The standard InChI is InChI=1S/C18H22N4O5/c1-3-25-18(24)22-10-8-21(9-11-22)17(23)14-4-6-15(7-5-14)26-12-16-19-13(2)27-20-16/h4-7H,3,8-12H2,1-2H3. The number of nitrogens with zero attached hydrogens (tertiary/aromatic N) is 4. The van der Waals surface area contributed by atoms with E-state index in [4.69, 9.17) is 14.0 Å². The SMILES string of the molecule is CCOC(=O)N1CCN(C(=O)c2ccc(OCc3noc(C)n3)cc2)CC1. The highest BCUT2D eigenvalue weighted by Gasteiger charge is 2.25. The zero-order chi connectivity index (χ0) is 19.2. The van der Waals surface area contributed by atoms with Crippen molar-refractivity contribution >= 4 is 12.0 Å². The number of rotatable bonds is 5. The van der Waals surface area contributed by atoms with Gasteiger partial charge in [0.25, 0.3) is 5.91 Å². The maximum Gasteiger partial charge on any atom is 0.409 e. The van der Waals surface area contributed by atoms with Gasteiger partial charge in [0.1, 0.15) is 5.75 Å². The van der Waals surface area contributed by atoms with E-state index < -0.39 is 0 Å². The van der Waals surface area contributed by atoms with Crippen LogP contribution in [0.15, 0.2) is 28.8 Å². The Morgan fingerprint density at radius 1 is 1.11 bits per heavy atom. The van der Waals surface area contributed by atoms with Crippen LogP contribution in [0.5, 0.6) is 5.75 Å². The highest BCUT2D eigenvalue weighted by Crippen LogP contribution is 2.16. The van der Waals surface area contributed by atoms with Gasteiger partial charge in [0.2, 0.25) is 11.7 Å². The molecule has 2 aromatic rings. The van der Waals surface area contributed by atoms with Gasteiger partial charge in [-0.2, -0.15) is 4.98 Å². The molecule has 1 aliphatic rings. The third-order valence-corrected chi connectivity index (χ3v) is 4.13. The van der Waals surface area contributed by atoms with Crippen LogP contribution >= 0.6 is 0 Å². The van der Waals surface area contributed by atoms with Crippen molar-refractivity contribution in [2.45, 2.75) is 20.5 Å². The van der Waals surface area contributed by atoms with Crippen LogP contribution in [0.1, 0.15) is 29.0 Å². The van der Waals surface area contributed by atoms with E-state index in [-0.39, 0.29) is 18.6 Å². The Hall–Kier alpha value is -3.10. The lowest BCUT2D eigenvalue weighted by atomic mass is 10.1. The third kappa shape index (κ3) is 4.75. The molecule has 27 heavy (non-hydrogen) atoms. The van der Waals surface area contributed by atoms with Gasteiger partial charge in [-0.25, -0.2) is 4.79 Å². The Balaban J connectivity index is 1.51. The zero-order valence-corrected chi connectivity index (χ0v) is 15.4. The van der Waals surface area contributed by atoms with Crippen LogP contribution in [0.2, 0.25) is 0 Å². The Morgan fingerprint density at radius 3 is 2.37 bits per heavy atom. The normalized spacial score (nSPS) is 14.1. The Bertz CT molecular complexity index is 781. The van der Waals surface area contributed by atoms with Crippen molar-refractivity contribution in [3.8, 4) is 5.75 Å². The number of carbonyl (C=O) groups is 2. The Kier molecular flexibility index (Phi) is 5.90. The van der Waals surface area contributed by atoms with Crippen molar-refractivity contribution < 1.29 is 23.6 Å². The van der Waals surface area contributed by atoms with Crippen LogP contribution in [0.3, 0.4) is 0 Å². The molecule has 1 aromatic carbocycles. The van der Waals surface area contributed by atoms with Crippen molar-refractivity contribution in [1.82, 2.24) is 19.9 Å². The topological polar surface area (TPSA) is 98.0 Å². The van der Waals surface area contributed by atoms with E-state index in [1.54, 1.807) is 47.9 Å². The van der Waals surface area contributed by atoms with Crippen LogP contribution in [0.25, 0.3) is 0 Å². The van der Waals surface area contributed by atoms with E-state index in [2.05, 4.69) is 10.1 Å². The molecule has 9 heteroatoms. The van der Waals surface area contributed by atoms with Gasteiger partial charge >= 0.3 is 6.09 Å². The molecule has 0 aliphatic carbocycles. The molecule has 0 spiro atoms. The summed E-state index contributed by atoms with van der Waals surface area (Å²) in [6.45, 7) is 5.92. The fraction of sp³-hybridized carbons (Fsp3) is 0.444. The maximum atomic E-state index is 12.6. The molecule has 1 saturated heterocycles. The van der Waals surface area contributed by atoms with Gasteiger partial charge in [-0.15, -0.1) is 0 Å². The van der Waals surface area contributed by atoms with Crippen LogP contribution in [0.4, 0.5) is 4.79 Å². The molecular formula is C18H22N4O5. The fourth-order valence-corrected chi connectivity index (χ4v) is 2.73. The first-order valence-corrected chi connectivity index (χ1v) is 8.80. The monoisotopic (exact) mass is 374 g/mol. The summed E-state index contributed by atoms with van der Waals surface area (Å²) < 4.78 is 15.4. The van der Waals surface area contributed by atoms with Crippen molar-refractivity contribution in [2.24, 2.45) is 0 Å². The van der Waals surface area contributed by atoms with E-state index >= 15 is 0 Å². The number of amides is 2. The minimum absolute atomic E-state index is 0.0705. The molecule has 1 aliphatic heterocycles. The van der Waals surface area contributed by atoms with Gasteiger partial charge in [-0.05, 0) is 31.2 Å². The minimum atomic E-state index is -0.331. The lowest BCUT2D eigenvalue weighted by Crippen LogP contribution is -2.50. The number of aromatic nitrogens is 2. The lowest BCUT2D eigenvalue weighted by Gasteiger charge is -2.34. The quantitative estimate of drug-likeness (QED) is 0.788. The summed E-state index contributed by atoms with van der Waals surface area (Å²) in [5.41, 5.74) is 0.572. The van der Waals surface area contributed by atoms with Crippen LogP contribution in [-0.2, 0) is 11.3 Å². The average molecular weight is 374 g/mol. The number of hydrogen-bond donors (Lipinski definition) is 0. The molecule has 144 valence electrons. The second-order valence-corrected chi connectivity index (χ2v) is 6.02. The number of benzene rings is 1. The first-order valence-electron chi connectivity index (χ1n) is 8.80. The van der Waals surface area contributed by atoms with Gasteiger partial charge in [-0.3, -0.25) is 4.79 Å². The molecule has 2 amide bonds. The molecule has 0 saturated carbocycles. The summed E-state index contributed by atoms with van der Waals surface area (Å²) in [6, 6.07) is 6.90. The molecule has 0 N–H and O–H groups in total. The van der Waals surface area contributed by atoms with Gasteiger partial charge in [0.05, 0.1) is 6.61 Å². The van der Waals surface area contributed by atoms with Crippen LogP contribution in [0, 0.1) is 6.92 Å². The lowest BCUT2D eigenvalue weighted by molar-refractivity contribution is 0.0570. The summed E-state index contributed by atoms with van der Waals surface area (Å²) in [6.07, 6.45) is -0.331. The van der Waals surface area contributed by atoms with Gasteiger partial charge < -0.3 is 23.8 Å². The zero-order valence-electron chi connectivity index (χ0n) is 15.4. The highest BCUT2D eigenvalue weighted by atomic mass is 16.6. The minimum Gasteiger partial charge on any atom is -0.485 e. The fourth-order valence-electron chi connectivity index (χ4n) is 2.73. The second-order valence-electron chi connectivity index (χ2n) is 6.02. The summed E-state index contributed by atoms with van der Waals surface area (Å²) in [7, 11) is 0. The van der Waals surface area contributed by atoms with Crippen LogP contribution < -0.4 is 4.74 Å². The molecule has 0 unspecified atom stereocenters. The molecule has 1 fully saturated rings. The molecule has 0 bridgehead atoms. The maximum absolute atomic E-state index is 12.6. The number of ether oxygens (including phenoxy) is 2. The average Bonchev–Trinajstić information content (AvgIpc) is 3.12. The van der Waals surface area contributed by atoms with Gasteiger partial charge in [0, 0.05) is 38.7 Å². The van der Waals surface area contributed by atoms with Gasteiger partial charge in [-0.1, -0.05) is 5.16 Å². The number of hydrogen-bond acceptors (Lipinski definition) is 7. The largest absolute Gasteiger partial charge is 0.485 e. The van der Waals surface area contributed by atoms with E-state index in [1.807, 2.05) is 0 Å². The third-order valence-electron chi connectivity index (χ3n) is 4.13. The van der Waals surface area contributed by atoms with Crippen molar-refractivity contribution in [1.29, 1.82) is 0 Å². The summed E-state index contributed by atoms with van der Waals surface area (Å²) in [4.78, 5) is 31.7. The Morgan fingerprint density at radius 2 is 1.78 bits per heavy atom. The van der Waals surface area contributed by atoms with Gasteiger partial charge in [0.15, 0.2) is 6.61 Å². The highest BCUT2D eigenvalue weighted by molar-refractivity contribution is 5.94. The summed E-state index contributed by atoms with van der Waals surface area (Å²) >= 11 is 0. The van der Waals surface area contributed by atoms with E-state index in [0.717, 1.165) is 0 Å². The molecule has 2 heterocycles. The molecule has 9 nitrogen and oxygen atoms in total. The van der Waals surface area contributed by atoms with E-state index in [9.17, 15) is 9.59 Å². The molecular weight excluding hydrogens is 352 g/mol. The van der Waals surface area contributed by atoms with Crippen molar-refractivity contribution in [2.75, 3.05) is 32.8 Å². The smallest absolute Gasteiger partial charge is 0.409 e. The number of piperazine rings is 1. The van der Waals surface area contributed by atoms with Crippen LogP contribution in [-0.4, -0.2) is 64.7 Å². The van der Waals surface area contributed by atoms with E-state index in [1.165, 1.54) is 0 Å². The first-order chi connectivity index (χ1) is 13.1. The molecule has 1 aromatic heterocycles. The number of aryl methyl sites for hydroxylation is 1. The summed E-state index contributed by atoms with van der Waals surface area (Å²) in [5, 5.41) is 3.76. The summed E-state index contributed by atoms with van der Waals surface area (Å²) in [5.74, 6) is 1.49. The van der Waals surface area contributed by atoms with Crippen molar-refractivity contribution in [3.63, 3.8) is 0 Å².